The number of rotatable bonds is 4. The fraction of sp³-hybridized carbons (Fsp3) is 0.556. The average Bonchev–Trinajstić information content (AvgIpc) is 3.22. The molecule has 9 nitrogen and oxygen atoms in total. The van der Waals surface area contributed by atoms with E-state index in [0.29, 0.717) is 31.4 Å². The number of guanidine groups is 1. The van der Waals surface area contributed by atoms with Gasteiger partial charge in [0.2, 0.25) is 0 Å². The van der Waals surface area contributed by atoms with E-state index in [1.54, 1.807) is 12.1 Å². The second-order valence-corrected chi connectivity index (χ2v) is 7.04. The SMILES string of the molecule is Cc1nnc(CN=C(NC2CC2)N2CCN(C(=O)c3ccco3)CC2)n1C.I. The molecule has 10 heteroatoms. The van der Waals surface area contributed by atoms with Crippen molar-refractivity contribution in [1.82, 2.24) is 29.9 Å². The number of halogens is 1. The standard InChI is InChI=1S/C18H25N7O2.HI/c1-13-21-22-16(23(13)2)12-19-18(20-14-5-6-14)25-9-7-24(8-10-25)17(26)15-4-3-11-27-15;/h3-4,11,14H,5-10,12H2,1-2H3,(H,19,20);1H. The molecule has 152 valence electrons. The lowest BCUT2D eigenvalue weighted by molar-refractivity contribution is 0.0657. The van der Waals surface area contributed by atoms with Crippen molar-refractivity contribution in [3.05, 3.63) is 35.8 Å². The van der Waals surface area contributed by atoms with Crippen molar-refractivity contribution >= 4 is 35.8 Å². The Balaban J connectivity index is 0.00000225. The van der Waals surface area contributed by atoms with E-state index in [1.807, 2.05) is 23.4 Å². The summed E-state index contributed by atoms with van der Waals surface area (Å²) < 4.78 is 7.18. The van der Waals surface area contributed by atoms with Gasteiger partial charge in [-0.2, -0.15) is 0 Å². The van der Waals surface area contributed by atoms with Crippen molar-refractivity contribution in [2.24, 2.45) is 12.0 Å². The van der Waals surface area contributed by atoms with Gasteiger partial charge in [-0.3, -0.25) is 4.79 Å². The van der Waals surface area contributed by atoms with E-state index in [2.05, 4.69) is 20.4 Å². The lowest BCUT2D eigenvalue weighted by Crippen LogP contribution is -2.54. The molecule has 0 atom stereocenters. The Morgan fingerprint density at radius 2 is 1.96 bits per heavy atom. The number of furan rings is 1. The van der Waals surface area contributed by atoms with Crippen LogP contribution >= 0.6 is 24.0 Å². The molecule has 0 aromatic carbocycles. The first-order valence-electron chi connectivity index (χ1n) is 9.35. The molecule has 1 aliphatic heterocycles. The molecule has 2 aromatic heterocycles. The van der Waals surface area contributed by atoms with Gasteiger partial charge in [0, 0.05) is 39.3 Å². The molecule has 0 radical (unpaired) electrons. The Hall–Kier alpha value is -2.11. The molecule has 3 heterocycles. The zero-order valence-electron chi connectivity index (χ0n) is 16.2. The van der Waals surface area contributed by atoms with Gasteiger partial charge in [-0.1, -0.05) is 0 Å². The first kappa shape index (κ1) is 20.6. The molecule has 1 saturated carbocycles. The number of piperazine rings is 1. The second kappa shape index (κ2) is 8.93. The Bertz CT molecular complexity index is 821. The van der Waals surface area contributed by atoms with Crippen LogP contribution < -0.4 is 5.32 Å². The summed E-state index contributed by atoms with van der Waals surface area (Å²) >= 11 is 0. The van der Waals surface area contributed by atoms with Crippen LogP contribution in [-0.2, 0) is 13.6 Å². The van der Waals surface area contributed by atoms with Gasteiger partial charge < -0.3 is 24.1 Å². The van der Waals surface area contributed by atoms with Crippen LogP contribution in [0.4, 0.5) is 0 Å². The Labute approximate surface area is 181 Å². The number of aryl methyl sites for hydroxylation is 1. The molecule has 4 rings (SSSR count). The predicted molar refractivity (Wildman–Crippen MR) is 115 cm³/mol. The summed E-state index contributed by atoms with van der Waals surface area (Å²) in [5.74, 6) is 2.95. The number of amides is 1. The largest absolute Gasteiger partial charge is 0.459 e. The third-order valence-electron chi connectivity index (χ3n) is 5.06. The van der Waals surface area contributed by atoms with Crippen molar-refractivity contribution in [3.63, 3.8) is 0 Å². The molecule has 2 aliphatic rings. The highest BCUT2D eigenvalue weighted by Crippen LogP contribution is 2.19. The molecule has 0 bridgehead atoms. The Kier molecular flexibility index (Phi) is 6.57. The lowest BCUT2D eigenvalue weighted by atomic mass is 10.3. The van der Waals surface area contributed by atoms with Gasteiger partial charge in [-0.05, 0) is 31.9 Å². The number of hydrogen-bond acceptors (Lipinski definition) is 5. The van der Waals surface area contributed by atoms with Gasteiger partial charge in [-0.25, -0.2) is 4.99 Å². The third-order valence-corrected chi connectivity index (χ3v) is 5.06. The topological polar surface area (TPSA) is 91.8 Å². The lowest BCUT2D eigenvalue weighted by Gasteiger charge is -2.36. The normalized spacial score (nSPS) is 17.4. The molecule has 2 aromatic rings. The van der Waals surface area contributed by atoms with Crippen LogP contribution in [0.1, 0.15) is 35.0 Å². The Morgan fingerprint density at radius 1 is 1.25 bits per heavy atom. The monoisotopic (exact) mass is 499 g/mol. The predicted octanol–water partition coefficient (Wildman–Crippen LogP) is 1.40. The average molecular weight is 499 g/mol. The summed E-state index contributed by atoms with van der Waals surface area (Å²) in [7, 11) is 1.95. The van der Waals surface area contributed by atoms with Gasteiger partial charge in [-0.15, -0.1) is 34.2 Å². The quantitative estimate of drug-likeness (QED) is 0.389. The zero-order chi connectivity index (χ0) is 18.8. The Morgan fingerprint density at radius 3 is 2.54 bits per heavy atom. The number of nitrogens with one attached hydrogen (secondary N) is 1. The molecule has 1 N–H and O–H groups in total. The van der Waals surface area contributed by atoms with Crippen LogP contribution in [-0.4, -0.2) is 68.7 Å². The van der Waals surface area contributed by atoms with Gasteiger partial charge in [0.1, 0.15) is 12.4 Å². The van der Waals surface area contributed by atoms with E-state index in [9.17, 15) is 4.79 Å². The highest BCUT2D eigenvalue weighted by Gasteiger charge is 2.28. The highest BCUT2D eigenvalue weighted by molar-refractivity contribution is 14.0. The fourth-order valence-corrected chi connectivity index (χ4v) is 3.06. The summed E-state index contributed by atoms with van der Waals surface area (Å²) in [6.45, 7) is 5.18. The van der Waals surface area contributed by atoms with Crippen molar-refractivity contribution in [1.29, 1.82) is 0 Å². The van der Waals surface area contributed by atoms with E-state index in [4.69, 9.17) is 9.41 Å². The molecular weight excluding hydrogens is 473 g/mol. The smallest absolute Gasteiger partial charge is 0.289 e. The number of aliphatic imine (C=N–C) groups is 1. The maximum Gasteiger partial charge on any atom is 0.289 e. The van der Waals surface area contributed by atoms with Crippen molar-refractivity contribution in [2.45, 2.75) is 32.4 Å². The van der Waals surface area contributed by atoms with Crippen molar-refractivity contribution in [3.8, 4) is 0 Å². The van der Waals surface area contributed by atoms with E-state index < -0.39 is 0 Å². The number of hydrogen-bond donors (Lipinski definition) is 1. The van der Waals surface area contributed by atoms with E-state index >= 15 is 0 Å². The summed E-state index contributed by atoms with van der Waals surface area (Å²) in [6.07, 6.45) is 3.89. The van der Waals surface area contributed by atoms with Gasteiger partial charge in [0.05, 0.1) is 6.26 Å². The number of nitrogens with zero attached hydrogens (tertiary/aromatic N) is 6. The van der Waals surface area contributed by atoms with E-state index in [1.165, 1.54) is 19.1 Å². The van der Waals surface area contributed by atoms with E-state index in [0.717, 1.165) is 30.7 Å². The van der Waals surface area contributed by atoms with Crippen LogP contribution in [0, 0.1) is 6.92 Å². The summed E-state index contributed by atoms with van der Waals surface area (Å²) in [5.41, 5.74) is 0. The molecule has 0 unspecified atom stereocenters. The van der Waals surface area contributed by atoms with Crippen molar-refractivity contribution < 1.29 is 9.21 Å². The van der Waals surface area contributed by atoms with Crippen molar-refractivity contribution in [2.75, 3.05) is 26.2 Å². The summed E-state index contributed by atoms with van der Waals surface area (Å²) in [6, 6.07) is 3.95. The first-order chi connectivity index (χ1) is 13.1. The molecule has 0 spiro atoms. The maximum atomic E-state index is 12.4. The first-order valence-corrected chi connectivity index (χ1v) is 9.35. The van der Waals surface area contributed by atoms with Crippen LogP contribution in [0.25, 0.3) is 0 Å². The van der Waals surface area contributed by atoms with E-state index in [-0.39, 0.29) is 29.9 Å². The molecule has 28 heavy (non-hydrogen) atoms. The minimum atomic E-state index is -0.0529. The molecule has 1 aliphatic carbocycles. The highest BCUT2D eigenvalue weighted by atomic mass is 127. The molecule has 1 saturated heterocycles. The molecular formula is C18H26IN7O2. The molecule has 2 fully saturated rings. The van der Waals surface area contributed by atoms with Gasteiger partial charge in [0.25, 0.3) is 5.91 Å². The van der Waals surface area contributed by atoms with Crippen LogP contribution in [0.5, 0.6) is 0 Å². The minimum Gasteiger partial charge on any atom is -0.459 e. The molecule has 1 amide bonds. The van der Waals surface area contributed by atoms with Gasteiger partial charge >= 0.3 is 0 Å². The fourth-order valence-electron chi connectivity index (χ4n) is 3.06. The van der Waals surface area contributed by atoms with Crippen LogP contribution in [0.15, 0.2) is 27.8 Å². The minimum absolute atomic E-state index is 0. The number of carbonyl (C=O) groups is 1. The zero-order valence-corrected chi connectivity index (χ0v) is 18.5. The number of aromatic nitrogens is 3. The van der Waals surface area contributed by atoms with Crippen LogP contribution in [0.3, 0.4) is 0 Å². The maximum absolute atomic E-state index is 12.4. The summed E-state index contributed by atoms with van der Waals surface area (Å²) in [5, 5.41) is 11.8. The van der Waals surface area contributed by atoms with Crippen LogP contribution in [0.2, 0.25) is 0 Å². The second-order valence-electron chi connectivity index (χ2n) is 7.04. The number of carbonyl (C=O) groups excluding carboxylic acids is 1. The van der Waals surface area contributed by atoms with Gasteiger partial charge in [0.15, 0.2) is 17.5 Å². The summed E-state index contributed by atoms with van der Waals surface area (Å²) in [4.78, 5) is 21.2. The third kappa shape index (κ3) is 4.65.